The van der Waals surface area contributed by atoms with Crippen LogP contribution in [0.4, 0.5) is 4.79 Å². The summed E-state index contributed by atoms with van der Waals surface area (Å²) in [5.41, 5.74) is 0. The van der Waals surface area contributed by atoms with E-state index < -0.39 is 17.9 Å². The Bertz CT molecular complexity index is 426. The molecule has 3 amide bonds. The van der Waals surface area contributed by atoms with Crippen LogP contribution in [0.15, 0.2) is 0 Å². The van der Waals surface area contributed by atoms with E-state index in [9.17, 15) is 19.5 Å². The van der Waals surface area contributed by atoms with Crippen LogP contribution in [0.2, 0.25) is 0 Å². The minimum Gasteiger partial charge on any atom is -0.481 e. The number of hydrogen-bond acceptors (Lipinski definition) is 3. The summed E-state index contributed by atoms with van der Waals surface area (Å²) in [4.78, 5) is 36.8. The molecule has 7 nitrogen and oxygen atoms in total. The molecule has 0 aromatic heterocycles. The van der Waals surface area contributed by atoms with Gasteiger partial charge in [0, 0.05) is 19.1 Å². The Kier molecular flexibility index (Phi) is 5.03. The molecule has 3 N–H and O–H groups in total. The van der Waals surface area contributed by atoms with Crippen molar-refractivity contribution in [1.29, 1.82) is 0 Å². The van der Waals surface area contributed by atoms with E-state index in [-0.39, 0.29) is 18.0 Å². The highest BCUT2D eigenvalue weighted by molar-refractivity contribution is 5.88. The molecule has 0 radical (unpaired) electrons. The van der Waals surface area contributed by atoms with Crippen molar-refractivity contribution in [3.8, 4) is 0 Å². The first-order valence-corrected chi connectivity index (χ1v) is 7.58. The van der Waals surface area contributed by atoms with Crippen molar-refractivity contribution < 1.29 is 19.5 Å². The number of nitrogens with zero attached hydrogens (tertiary/aromatic N) is 1. The zero-order valence-corrected chi connectivity index (χ0v) is 12.3. The van der Waals surface area contributed by atoms with Crippen LogP contribution in [0.5, 0.6) is 0 Å². The molecule has 0 spiro atoms. The monoisotopic (exact) mass is 297 g/mol. The van der Waals surface area contributed by atoms with E-state index >= 15 is 0 Å². The standard InChI is InChI=1S/C14H23N3O4/c1-9-12(18)15-7-8-17(9)14(21)16-11-6-4-2-3-5-10(11)13(19)20/h9-11H,2-8H2,1H3,(H,15,18)(H,16,21)(H,19,20). The van der Waals surface area contributed by atoms with Crippen molar-refractivity contribution in [2.75, 3.05) is 13.1 Å². The second-order valence-electron chi connectivity index (χ2n) is 5.80. The Morgan fingerprint density at radius 3 is 2.71 bits per heavy atom. The van der Waals surface area contributed by atoms with Crippen molar-refractivity contribution in [3.05, 3.63) is 0 Å². The Balaban J connectivity index is 2.02. The molecular weight excluding hydrogens is 274 g/mol. The zero-order chi connectivity index (χ0) is 15.4. The highest BCUT2D eigenvalue weighted by Gasteiger charge is 2.34. The Morgan fingerprint density at radius 1 is 1.29 bits per heavy atom. The average Bonchev–Trinajstić information content (AvgIpc) is 2.67. The van der Waals surface area contributed by atoms with Crippen LogP contribution >= 0.6 is 0 Å². The molecule has 1 heterocycles. The number of carboxylic acids is 1. The number of piperazine rings is 1. The molecule has 1 aliphatic carbocycles. The first kappa shape index (κ1) is 15.6. The highest BCUT2D eigenvalue weighted by atomic mass is 16.4. The van der Waals surface area contributed by atoms with E-state index in [2.05, 4.69) is 10.6 Å². The lowest BCUT2D eigenvalue weighted by atomic mass is 9.95. The van der Waals surface area contributed by atoms with Crippen LogP contribution in [0.1, 0.15) is 39.0 Å². The van der Waals surface area contributed by atoms with E-state index in [0.717, 1.165) is 19.3 Å². The molecule has 1 saturated carbocycles. The summed E-state index contributed by atoms with van der Waals surface area (Å²) in [7, 11) is 0. The first-order valence-electron chi connectivity index (χ1n) is 7.58. The maximum Gasteiger partial charge on any atom is 0.318 e. The predicted octanol–water partition coefficient (Wildman–Crippen LogP) is 0.550. The van der Waals surface area contributed by atoms with Crippen LogP contribution < -0.4 is 10.6 Å². The van der Waals surface area contributed by atoms with E-state index in [1.807, 2.05) is 0 Å². The van der Waals surface area contributed by atoms with Crippen LogP contribution in [0.25, 0.3) is 0 Å². The molecule has 2 fully saturated rings. The maximum atomic E-state index is 12.3. The van der Waals surface area contributed by atoms with Crippen molar-refractivity contribution in [3.63, 3.8) is 0 Å². The Hall–Kier alpha value is -1.79. The first-order chi connectivity index (χ1) is 10.0. The van der Waals surface area contributed by atoms with Gasteiger partial charge in [-0.05, 0) is 19.8 Å². The average molecular weight is 297 g/mol. The molecule has 0 aromatic rings. The minimum absolute atomic E-state index is 0.174. The highest BCUT2D eigenvalue weighted by Crippen LogP contribution is 2.24. The molecule has 3 atom stereocenters. The quantitative estimate of drug-likeness (QED) is 0.648. The molecule has 3 unspecified atom stereocenters. The zero-order valence-electron chi connectivity index (χ0n) is 12.3. The summed E-state index contributed by atoms with van der Waals surface area (Å²) in [6.07, 6.45) is 4.07. The lowest BCUT2D eigenvalue weighted by Gasteiger charge is -2.34. The van der Waals surface area contributed by atoms with E-state index in [0.29, 0.717) is 25.9 Å². The van der Waals surface area contributed by atoms with Gasteiger partial charge in [0.2, 0.25) is 5.91 Å². The Labute approximate surface area is 124 Å². The van der Waals surface area contributed by atoms with Gasteiger partial charge in [0.1, 0.15) is 6.04 Å². The molecule has 1 aliphatic heterocycles. The van der Waals surface area contributed by atoms with Crippen molar-refractivity contribution >= 4 is 17.9 Å². The van der Waals surface area contributed by atoms with Crippen LogP contribution in [0.3, 0.4) is 0 Å². The van der Waals surface area contributed by atoms with Gasteiger partial charge in [-0.15, -0.1) is 0 Å². The molecule has 2 aliphatic rings. The summed E-state index contributed by atoms with van der Waals surface area (Å²) >= 11 is 0. The summed E-state index contributed by atoms with van der Waals surface area (Å²) < 4.78 is 0. The number of carbonyl (C=O) groups excluding carboxylic acids is 2. The lowest BCUT2D eigenvalue weighted by molar-refractivity contribution is -0.143. The second kappa shape index (κ2) is 6.78. The fraction of sp³-hybridized carbons (Fsp3) is 0.786. The molecule has 0 bridgehead atoms. The molecule has 2 rings (SSSR count). The largest absolute Gasteiger partial charge is 0.481 e. The number of amides is 3. The number of hydrogen-bond donors (Lipinski definition) is 3. The fourth-order valence-electron chi connectivity index (χ4n) is 3.08. The number of rotatable bonds is 2. The van der Waals surface area contributed by atoms with Crippen molar-refractivity contribution in [2.45, 2.75) is 51.1 Å². The van der Waals surface area contributed by atoms with Gasteiger partial charge in [-0.1, -0.05) is 19.3 Å². The predicted molar refractivity (Wildman–Crippen MR) is 75.7 cm³/mol. The summed E-state index contributed by atoms with van der Waals surface area (Å²) in [6.45, 7) is 2.56. The van der Waals surface area contributed by atoms with Gasteiger partial charge in [0.15, 0.2) is 0 Å². The summed E-state index contributed by atoms with van der Waals surface area (Å²) in [5, 5.41) is 14.9. The summed E-state index contributed by atoms with van der Waals surface area (Å²) in [5.74, 6) is -1.57. The normalized spacial score (nSPS) is 30.2. The van der Waals surface area contributed by atoms with Gasteiger partial charge in [-0.3, -0.25) is 9.59 Å². The molecular formula is C14H23N3O4. The van der Waals surface area contributed by atoms with Crippen LogP contribution in [0, 0.1) is 5.92 Å². The molecule has 1 saturated heterocycles. The number of carboxylic acid groups (broad SMARTS) is 1. The lowest BCUT2D eigenvalue weighted by Crippen LogP contribution is -2.60. The Morgan fingerprint density at radius 2 is 2.00 bits per heavy atom. The number of nitrogens with one attached hydrogen (secondary N) is 2. The van der Waals surface area contributed by atoms with Crippen molar-refractivity contribution in [1.82, 2.24) is 15.5 Å². The van der Waals surface area contributed by atoms with Crippen LogP contribution in [-0.4, -0.2) is 53.1 Å². The van der Waals surface area contributed by atoms with Gasteiger partial charge < -0.3 is 20.6 Å². The third-order valence-electron chi connectivity index (χ3n) is 4.40. The van der Waals surface area contributed by atoms with E-state index in [4.69, 9.17) is 0 Å². The fourth-order valence-corrected chi connectivity index (χ4v) is 3.08. The summed E-state index contributed by atoms with van der Waals surface area (Å²) in [6, 6.07) is -1.21. The van der Waals surface area contributed by atoms with Gasteiger partial charge >= 0.3 is 12.0 Å². The SMILES string of the molecule is CC1C(=O)NCCN1C(=O)NC1CCCCCC1C(=O)O. The molecule has 0 aromatic carbocycles. The minimum atomic E-state index is -0.855. The van der Waals surface area contributed by atoms with Crippen LogP contribution in [-0.2, 0) is 9.59 Å². The topological polar surface area (TPSA) is 98.7 Å². The van der Waals surface area contributed by atoms with Gasteiger partial charge in [0.05, 0.1) is 5.92 Å². The number of aliphatic carboxylic acids is 1. The second-order valence-corrected chi connectivity index (χ2v) is 5.80. The third kappa shape index (κ3) is 3.65. The molecule has 7 heteroatoms. The van der Waals surface area contributed by atoms with E-state index in [1.54, 1.807) is 6.92 Å². The number of urea groups is 1. The molecule has 21 heavy (non-hydrogen) atoms. The van der Waals surface area contributed by atoms with Gasteiger partial charge in [-0.25, -0.2) is 4.79 Å². The van der Waals surface area contributed by atoms with E-state index in [1.165, 1.54) is 4.90 Å². The maximum absolute atomic E-state index is 12.3. The smallest absolute Gasteiger partial charge is 0.318 e. The number of carbonyl (C=O) groups is 3. The van der Waals surface area contributed by atoms with Gasteiger partial charge in [0.25, 0.3) is 0 Å². The molecule has 118 valence electrons. The third-order valence-corrected chi connectivity index (χ3v) is 4.40. The van der Waals surface area contributed by atoms with Gasteiger partial charge in [-0.2, -0.15) is 0 Å². The van der Waals surface area contributed by atoms with Crippen molar-refractivity contribution in [2.24, 2.45) is 5.92 Å².